The fourth-order valence-corrected chi connectivity index (χ4v) is 4.30. The Morgan fingerprint density at radius 1 is 1.07 bits per heavy atom. The van der Waals surface area contributed by atoms with Crippen molar-refractivity contribution >= 4 is 20.8 Å². The highest BCUT2D eigenvalue weighted by atomic mass is 32.2. The summed E-state index contributed by atoms with van der Waals surface area (Å²) in [6.45, 7) is 5.17. The summed E-state index contributed by atoms with van der Waals surface area (Å²) in [6, 6.07) is 15.1. The molecule has 1 unspecified atom stereocenters. The Hall–Kier alpha value is -2.28. The van der Waals surface area contributed by atoms with E-state index in [1.54, 1.807) is 30.6 Å². The molecule has 2 aromatic carbocycles. The van der Waals surface area contributed by atoms with Crippen molar-refractivity contribution in [3.63, 3.8) is 0 Å². The van der Waals surface area contributed by atoms with Gasteiger partial charge in [0.05, 0.1) is 4.90 Å². The normalized spacial score (nSPS) is 13.0. The molecule has 0 amide bonds. The first kappa shape index (κ1) is 19.5. The number of hydrogen-bond donors (Lipinski definition) is 2. The SMILES string of the molecule is Cc1cncc2ccc(S(=O)(=O)NC(C)CNCCc3ccccc3)cc12. The van der Waals surface area contributed by atoms with E-state index in [4.69, 9.17) is 0 Å². The van der Waals surface area contributed by atoms with Gasteiger partial charge in [0.15, 0.2) is 0 Å². The molecule has 1 atom stereocenters. The van der Waals surface area contributed by atoms with Crippen LogP contribution in [0.2, 0.25) is 0 Å². The van der Waals surface area contributed by atoms with Gasteiger partial charge in [-0.15, -0.1) is 0 Å². The molecule has 0 bridgehead atoms. The second-order valence-corrected chi connectivity index (χ2v) is 8.52. The molecule has 1 heterocycles. The molecule has 1 aromatic heterocycles. The summed E-state index contributed by atoms with van der Waals surface area (Å²) >= 11 is 0. The van der Waals surface area contributed by atoms with Crippen LogP contribution in [0.4, 0.5) is 0 Å². The number of rotatable bonds is 8. The van der Waals surface area contributed by atoms with Gasteiger partial charge in [-0.25, -0.2) is 13.1 Å². The number of aryl methyl sites for hydroxylation is 1. The predicted molar refractivity (Wildman–Crippen MR) is 109 cm³/mol. The third-order valence-corrected chi connectivity index (χ3v) is 6.07. The standard InChI is InChI=1S/C21H25N3O2S/c1-16-13-23-15-19-8-9-20(12-21(16)19)27(25,26)24-17(2)14-22-11-10-18-6-4-3-5-7-18/h3-9,12-13,15,17,22,24H,10-11,14H2,1-2H3. The molecule has 0 spiro atoms. The van der Waals surface area contributed by atoms with Gasteiger partial charge in [-0.3, -0.25) is 4.98 Å². The Bertz CT molecular complexity index is 1000. The largest absolute Gasteiger partial charge is 0.315 e. The Morgan fingerprint density at radius 2 is 1.85 bits per heavy atom. The maximum atomic E-state index is 12.7. The van der Waals surface area contributed by atoms with E-state index in [-0.39, 0.29) is 10.9 Å². The van der Waals surface area contributed by atoms with Crippen molar-refractivity contribution in [1.82, 2.24) is 15.0 Å². The van der Waals surface area contributed by atoms with Gasteiger partial charge in [0, 0.05) is 30.4 Å². The average Bonchev–Trinajstić information content (AvgIpc) is 2.66. The lowest BCUT2D eigenvalue weighted by Gasteiger charge is -2.15. The number of hydrogen-bond acceptors (Lipinski definition) is 4. The van der Waals surface area contributed by atoms with Crippen molar-refractivity contribution < 1.29 is 8.42 Å². The molecule has 0 aliphatic carbocycles. The molecule has 3 rings (SSSR count). The smallest absolute Gasteiger partial charge is 0.240 e. The molecule has 0 saturated carbocycles. The van der Waals surface area contributed by atoms with E-state index in [2.05, 4.69) is 27.2 Å². The molecule has 0 fully saturated rings. The Kier molecular flexibility index (Phi) is 6.21. The lowest BCUT2D eigenvalue weighted by atomic mass is 10.1. The number of pyridine rings is 1. The zero-order valence-electron chi connectivity index (χ0n) is 15.6. The Labute approximate surface area is 160 Å². The summed E-state index contributed by atoms with van der Waals surface area (Å²) in [6.07, 6.45) is 4.40. The molecule has 0 saturated heterocycles. The third kappa shape index (κ3) is 5.13. The van der Waals surface area contributed by atoms with Gasteiger partial charge >= 0.3 is 0 Å². The molecule has 6 heteroatoms. The van der Waals surface area contributed by atoms with Crippen LogP contribution in [0.15, 0.2) is 65.8 Å². The molecule has 5 nitrogen and oxygen atoms in total. The minimum atomic E-state index is -3.57. The first-order valence-electron chi connectivity index (χ1n) is 9.07. The summed E-state index contributed by atoms with van der Waals surface area (Å²) < 4.78 is 28.1. The molecular weight excluding hydrogens is 358 g/mol. The summed E-state index contributed by atoms with van der Waals surface area (Å²) in [5.74, 6) is 0. The van der Waals surface area contributed by atoms with Crippen LogP contribution in [0.3, 0.4) is 0 Å². The second-order valence-electron chi connectivity index (χ2n) is 6.80. The first-order valence-corrected chi connectivity index (χ1v) is 10.6. The van der Waals surface area contributed by atoms with E-state index in [0.717, 1.165) is 29.3 Å². The van der Waals surface area contributed by atoms with Crippen LogP contribution in [0.5, 0.6) is 0 Å². The lowest BCUT2D eigenvalue weighted by molar-refractivity contribution is 0.537. The predicted octanol–water partition coefficient (Wildman–Crippen LogP) is 3.04. The van der Waals surface area contributed by atoms with Crippen LogP contribution in [-0.2, 0) is 16.4 Å². The number of fused-ring (bicyclic) bond motifs is 1. The van der Waals surface area contributed by atoms with Crippen molar-refractivity contribution in [2.24, 2.45) is 0 Å². The number of nitrogens with zero attached hydrogens (tertiary/aromatic N) is 1. The summed E-state index contributed by atoms with van der Waals surface area (Å²) in [5.41, 5.74) is 2.22. The van der Waals surface area contributed by atoms with Crippen molar-refractivity contribution in [3.8, 4) is 0 Å². The minimum Gasteiger partial charge on any atom is -0.315 e. The number of nitrogens with one attached hydrogen (secondary N) is 2. The number of sulfonamides is 1. The fraction of sp³-hybridized carbons (Fsp3) is 0.286. The van der Waals surface area contributed by atoms with Gasteiger partial charge in [0.2, 0.25) is 10.0 Å². The monoisotopic (exact) mass is 383 g/mol. The maximum absolute atomic E-state index is 12.7. The van der Waals surface area contributed by atoms with Crippen molar-refractivity contribution in [1.29, 1.82) is 0 Å². The summed E-state index contributed by atoms with van der Waals surface area (Å²) in [5, 5.41) is 5.15. The second kappa shape index (κ2) is 8.61. The van der Waals surface area contributed by atoms with Gasteiger partial charge < -0.3 is 5.32 Å². The van der Waals surface area contributed by atoms with Crippen LogP contribution in [0.1, 0.15) is 18.1 Å². The van der Waals surface area contributed by atoms with Gasteiger partial charge in [-0.1, -0.05) is 36.4 Å². The van der Waals surface area contributed by atoms with E-state index in [1.165, 1.54) is 5.56 Å². The number of aromatic nitrogens is 1. The van der Waals surface area contributed by atoms with Gasteiger partial charge in [-0.2, -0.15) is 0 Å². The molecule has 142 valence electrons. The van der Waals surface area contributed by atoms with Gasteiger partial charge in [0.1, 0.15) is 0 Å². The van der Waals surface area contributed by atoms with E-state index in [9.17, 15) is 8.42 Å². The van der Waals surface area contributed by atoms with Crippen molar-refractivity contribution in [2.75, 3.05) is 13.1 Å². The average molecular weight is 384 g/mol. The highest BCUT2D eigenvalue weighted by Crippen LogP contribution is 2.21. The first-order chi connectivity index (χ1) is 13.0. The van der Waals surface area contributed by atoms with E-state index >= 15 is 0 Å². The molecule has 3 aromatic rings. The van der Waals surface area contributed by atoms with E-state index in [0.29, 0.717) is 6.54 Å². The van der Waals surface area contributed by atoms with Crippen LogP contribution in [0, 0.1) is 6.92 Å². The topological polar surface area (TPSA) is 71.1 Å². The molecule has 0 aliphatic heterocycles. The van der Waals surface area contributed by atoms with Crippen LogP contribution < -0.4 is 10.0 Å². The molecule has 0 radical (unpaired) electrons. The van der Waals surface area contributed by atoms with Gasteiger partial charge in [0.25, 0.3) is 0 Å². The highest BCUT2D eigenvalue weighted by Gasteiger charge is 2.18. The van der Waals surface area contributed by atoms with E-state index in [1.807, 2.05) is 32.0 Å². The summed E-state index contributed by atoms with van der Waals surface area (Å²) in [7, 11) is -3.57. The third-order valence-electron chi connectivity index (χ3n) is 4.48. The number of benzene rings is 2. The van der Waals surface area contributed by atoms with E-state index < -0.39 is 10.0 Å². The zero-order chi connectivity index (χ0) is 19.3. The minimum absolute atomic E-state index is 0.208. The Balaban J connectivity index is 1.58. The Morgan fingerprint density at radius 3 is 2.63 bits per heavy atom. The summed E-state index contributed by atoms with van der Waals surface area (Å²) in [4.78, 5) is 4.42. The van der Waals surface area contributed by atoms with Gasteiger partial charge in [-0.05, 0) is 55.5 Å². The van der Waals surface area contributed by atoms with Crippen LogP contribution in [0.25, 0.3) is 10.8 Å². The quantitative estimate of drug-likeness (QED) is 0.587. The lowest BCUT2D eigenvalue weighted by Crippen LogP contribution is -2.40. The van der Waals surface area contributed by atoms with Crippen LogP contribution >= 0.6 is 0 Å². The fourth-order valence-electron chi connectivity index (χ4n) is 3.03. The molecule has 0 aliphatic rings. The van der Waals surface area contributed by atoms with Crippen molar-refractivity contribution in [2.45, 2.75) is 31.2 Å². The highest BCUT2D eigenvalue weighted by molar-refractivity contribution is 7.89. The molecule has 2 N–H and O–H groups in total. The molecule has 27 heavy (non-hydrogen) atoms. The maximum Gasteiger partial charge on any atom is 0.240 e. The van der Waals surface area contributed by atoms with Crippen LogP contribution in [-0.4, -0.2) is 32.5 Å². The van der Waals surface area contributed by atoms with Crippen molar-refractivity contribution in [3.05, 3.63) is 72.1 Å². The zero-order valence-corrected chi connectivity index (χ0v) is 16.5. The molecular formula is C21H25N3O2S.